The van der Waals surface area contributed by atoms with Crippen molar-refractivity contribution in [1.29, 1.82) is 0 Å². The minimum absolute atomic E-state index is 0.0831. The van der Waals surface area contributed by atoms with Crippen molar-refractivity contribution in [1.82, 2.24) is 15.1 Å². The third-order valence-corrected chi connectivity index (χ3v) is 2.83. The molecular weight excluding hydrogens is 251 g/mol. The van der Waals surface area contributed by atoms with E-state index in [9.17, 15) is 18.0 Å². The smallest absolute Gasteiger partial charge is 0.419 e. The molecular formula is C10H14F3N3O2. The Labute approximate surface area is 102 Å². The number of rotatable bonds is 5. The fraction of sp³-hybridized carbons (Fsp3) is 0.600. The zero-order valence-electron chi connectivity index (χ0n) is 9.95. The van der Waals surface area contributed by atoms with Gasteiger partial charge in [0, 0.05) is 12.7 Å². The van der Waals surface area contributed by atoms with Crippen LogP contribution in [0.5, 0.6) is 0 Å². The number of carboxylic acid groups (broad SMARTS) is 1. The summed E-state index contributed by atoms with van der Waals surface area (Å²) in [4.78, 5) is 11.0. The van der Waals surface area contributed by atoms with E-state index in [4.69, 9.17) is 5.11 Å². The maximum Gasteiger partial charge on any atom is 0.419 e. The minimum Gasteiger partial charge on any atom is -0.480 e. The number of carboxylic acids is 1. The molecule has 0 aliphatic heterocycles. The Kier molecular flexibility index (Phi) is 4.00. The lowest BCUT2D eigenvalue weighted by molar-refractivity contribution is -0.144. The van der Waals surface area contributed by atoms with E-state index in [0.29, 0.717) is 0 Å². The highest BCUT2D eigenvalue weighted by atomic mass is 19.4. The Morgan fingerprint density at radius 2 is 2.17 bits per heavy atom. The number of hydrogen-bond donors (Lipinski definition) is 2. The lowest BCUT2D eigenvalue weighted by Crippen LogP contribution is -2.48. The summed E-state index contributed by atoms with van der Waals surface area (Å²) in [6.45, 7) is 1.54. The largest absolute Gasteiger partial charge is 0.480 e. The summed E-state index contributed by atoms with van der Waals surface area (Å²) in [5, 5.41) is 15.2. The average Bonchev–Trinajstić information content (AvgIpc) is 2.73. The second-order valence-electron chi connectivity index (χ2n) is 4.13. The van der Waals surface area contributed by atoms with E-state index in [1.807, 2.05) is 0 Å². The Morgan fingerprint density at radius 1 is 1.56 bits per heavy atom. The molecule has 18 heavy (non-hydrogen) atoms. The van der Waals surface area contributed by atoms with Crippen LogP contribution in [-0.2, 0) is 17.5 Å². The normalized spacial score (nSPS) is 15.4. The number of aromatic nitrogens is 2. The van der Waals surface area contributed by atoms with Gasteiger partial charge in [-0.1, -0.05) is 0 Å². The molecule has 0 bridgehead atoms. The Bertz CT molecular complexity index is 430. The van der Waals surface area contributed by atoms with Gasteiger partial charge >= 0.3 is 12.1 Å². The molecule has 0 amide bonds. The summed E-state index contributed by atoms with van der Waals surface area (Å²) in [6, 6.07) is 0. The van der Waals surface area contributed by atoms with Crippen LogP contribution >= 0.6 is 0 Å². The van der Waals surface area contributed by atoms with Crippen molar-refractivity contribution < 1.29 is 23.1 Å². The molecule has 2 N–H and O–H groups in total. The van der Waals surface area contributed by atoms with Crippen LogP contribution in [-0.4, -0.2) is 33.4 Å². The standard InChI is InChI=1S/C10H14F3N3O2/c1-9(14-2,8(17)18)3-4-16-6-7(5-15-16)10(11,12)13/h5-6,14H,3-4H2,1-2H3,(H,17,18). The number of nitrogens with zero attached hydrogens (tertiary/aromatic N) is 2. The fourth-order valence-corrected chi connectivity index (χ4v) is 1.31. The highest BCUT2D eigenvalue weighted by Crippen LogP contribution is 2.28. The number of aliphatic carboxylic acids is 1. The van der Waals surface area contributed by atoms with Gasteiger partial charge in [0.2, 0.25) is 0 Å². The molecule has 0 aliphatic carbocycles. The molecule has 0 spiro atoms. The molecule has 8 heteroatoms. The van der Waals surface area contributed by atoms with Gasteiger partial charge in [0.05, 0.1) is 11.8 Å². The first-order chi connectivity index (χ1) is 8.19. The zero-order chi connectivity index (χ0) is 14.0. The molecule has 0 radical (unpaired) electrons. The number of likely N-dealkylation sites (N-methyl/N-ethyl adjacent to an activating group) is 1. The van der Waals surface area contributed by atoms with Gasteiger partial charge in [-0.2, -0.15) is 18.3 Å². The molecule has 0 saturated heterocycles. The molecule has 0 fully saturated rings. The van der Waals surface area contributed by atoms with Crippen molar-refractivity contribution in [2.45, 2.75) is 31.6 Å². The third kappa shape index (κ3) is 3.22. The summed E-state index contributed by atoms with van der Waals surface area (Å²) in [6.07, 6.45) is -2.73. The van der Waals surface area contributed by atoms with Gasteiger partial charge in [-0.15, -0.1) is 0 Å². The van der Waals surface area contributed by atoms with Crippen LogP contribution in [0.15, 0.2) is 12.4 Å². The molecule has 102 valence electrons. The summed E-state index contributed by atoms with van der Waals surface area (Å²) in [5.74, 6) is -1.06. The molecule has 0 saturated carbocycles. The lowest BCUT2D eigenvalue weighted by atomic mass is 9.98. The first-order valence-electron chi connectivity index (χ1n) is 5.21. The second kappa shape index (κ2) is 4.97. The van der Waals surface area contributed by atoms with E-state index >= 15 is 0 Å². The molecule has 1 atom stereocenters. The van der Waals surface area contributed by atoms with Crippen molar-refractivity contribution in [3.8, 4) is 0 Å². The van der Waals surface area contributed by atoms with Gasteiger partial charge in [0.1, 0.15) is 5.54 Å². The number of carbonyl (C=O) groups is 1. The first-order valence-corrected chi connectivity index (χ1v) is 5.21. The number of hydrogen-bond acceptors (Lipinski definition) is 3. The molecule has 5 nitrogen and oxygen atoms in total. The number of alkyl halides is 3. The summed E-state index contributed by atoms with van der Waals surface area (Å²) in [7, 11) is 1.48. The quantitative estimate of drug-likeness (QED) is 0.843. The van der Waals surface area contributed by atoms with E-state index in [1.54, 1.807) is 0 Å². The van der Waals surface area contributed by atoms with Crippen molar-refractivity contribution in [3.63, 3.8) is 0 Å². The van der Waals surface area contributed by atoms with E-state index in [0.717, 1.165) is 17.1 Å². The highest BCUT2D eigenvalue weighted by Gasteiger charge is 2.33. The Hall–Kier alpha value is -1.57. The third-order valence-electron chi connectivity index (χ3n) is 2.83. The predicted molar refractivity (Wildman–Crippen MR) is 56.9 cm³/mol. The van der Waals surface area contributed by atoms with E-state index in [1.165, 1.54) is 14.0 Å². The van der Waals surface area contributed by atoms with Gasteiger partial charge in [0.15, 0.2) is 0 Å². The Balaban J connectivity index is 2.70. The molecule has 1 aromatic heterocycles. The predicted octanol–water partition coefficient (Wildman–Crippen LogP) is 1.35. The van der Waals surface area contributed by atoms with Crippen molar-refractivity contribution in [2.24, 2.45) is 0 Å². The number of aryl methyl sites for hydroxylation is 1. The summed E-state index contributed by atoms with van der Waals surface area (Å²) >= 11 is 0. The Morgan fingerprint density at radius 3 is 2.56 bits per heavy atom. The van der Waals surface area contributed by atoms with Crippen molar-refractivity contribution in [2.75, 3.05) is 7.05 Å². The summed E-state index contributed by atoms with van der Waals surface area (Å²) < 4.78 is 38.0. The van der Waals surface area contributed by atoms with Crippen molar-refractivity contribution >= 4 is 5.97 Å². The molecule has 1 heterocycles. The van der Waals surface area contributed by atoms with Crippen LogP contribution in [0.2, 0.25) is 0 Å². The highest BCUT2D eigenvalue weighted by molar-refractivity contribution is 5.78. The van der Waals surface area contributed by atoms with Crippen LogP contribution in [0.3, 0.4) is 0 Å². The van der Waals surface area contributed by atoms with Gasteiger partial charge in [0.25, 0.3) is 0 Å². The molecule has 0 aliphatic rings. The van der Waals surface area contributed by atoms with Crippen LogP contribution < -0.4 is 5.32 Å². The maximum atomic E-state index is 12.3. The zero-order valence-corrected chi connectivity index (χ0v) is 9.95. The SMILES string of the molecule is CNC(C)(CCn1cc(C(F)(F)F)cn1)C(=O)O. The number of nitrogens with one attached hydrogen (secondary N) is 1. The van der Waals surface area contributed by atoms with Crippen LogP contribution in [0.1, 0.15) is 18.9 Å². The minimum atomic E-state index is -4.43. The second-order valence-corrected chi connectivity index (χ2v) is 4.13. The maximum absolute atomic E-state index is 12.3. The van der Waals surface area contributed by atoms with Crippen LogP contribution in [0, 0.1) is 0 Å². The molecule has 1 unspecified atom stereocenters. The van der Waals surface area contributed by atoms with Gasteiger partial charge in [-0.05, 0) is 20.4 Å². The molecule has 1 aromatic rings. The average molecular weight is 265 g/mol. The van der Waals surface area contributed by atoms with Gasteiger partial charge in [-0.3, -0.25) is 9.48 Å². The topological polar surface area (TPSA) is 67.2 Å². The lowest BCUT2D eigenvalue weighted by Gasteiger charge is -2.23. The molecule has 1 rings (SSSR count). The van der Waals surface area contributed by atoms with E-state index in [-0.39, 0.29) is 13.0 Å². The van der Waals surface area contributed by atoms with E-state index in [2.05, 4.69) is 10.4 Å². The summed E-state index contributed by atoms with van der Waals surface area (Å²) in [5.41, 5.74) is -2.03. The van der Waals surface area contributed by atoms with Gasteiger partial charge in [-0.25, -0.2) is 0 Å². The number of halogens is 3. The van der Waals surface area contributed by atoms with E-state index < -0.39 is 23.2 Å². The molecule has 0 aromatic carbocycles. The van der Waals surface area contributed by atoms with Crippen LogP contribution in [0.4, 0.5) is 13.2 Å². The first kappa shape index (κ1) is 14.5. The monoisotopic (exact) mass is 265 g/mol. The van der Waals surface area contributed by atoms with Crippen LogP contribution in [0.25, 0.3) is 0 Å². The van der Waals surface area contributed by atoms with Crippen molar-refractivity contribution in [3.05, 3.63) is 18.0 Å². The fourth-order valence-electron chi connectivity index (χ4n) is 1.31. The van der Waals surface area contributed by atoms with Gasteiger partial charge < -0.3 is 10.4 Å².